The highest BCUT2D eigenvalue weighted by Crippen LogP contribution is 2.24. The molecule has 1 unspecified atom stereocenters. The van der Waals surface area contributed by atoms with E-state index in [2.05, 4.69) is 10.4 Å². The van der Waals surface area contributed by atoms with Crippen molar-refractivity contribution in [1.29, 1.82) is 0 Å². The first-order chi connectivity index (χ1) is 8.65. The van der Waals surface area contributed by atoms with Crippen molar-refractivity contribution < 1.29 is 9.13 Å². The molecule has 1 heterocycles. The van der Waals surface area contributed by atoms with Gasteiger partial charge in [-0.2, -0.15) is 0 Å². The van der Waals surface area contributed by atoms with Crippen LogP contribution in [-0.2, 0) is 7.05 Å². The quantitative estimate of drug-likeness (QED) is 0.630. The fourth-order valence-corrected chi connectivity index (χ4v) is 1.80. The fourth-order valence-electron chi connectivity index (χ4n) is 1.80. The van der Waals surface area contributed by atoms with E-state index in [9.17, 15) is 4.39 Å². The number of hydrogen-bond acceptors (Lipinski definition) is 4. The minimum Gasteiger partial charge on any atom is -0.494 e. The lowest BCUT2D eigenvalue weighted by atomic mass is 10.0. The molecule has 2 aromatic rings. The van der Waals surface area contributed by atoms with Gasteiger partial charge in [0.15, 0.2) is 11.6 Å². The molecule has 0 saturated heterocycles. The first-order valence-electron chi connectivity index (χ1n) is 5.43. The van der Waals surface area contributed by atoms with Crippen LogP contribution in [0.4, 0.5) is 4.39 Å². The topological polar surface area (TPSA) is 65.1 Å². The van der Waals surface area contributed by atoms with Crippen molar-refractivity contribution in [3.63, 3.8) is 0 Å². The molecule has 0 saturated carbocycles. The summed E-state index contributed by atoms with van der Waals surface area (Å²) in [5, 5.41) is 0. The normalized spacial score (nSPS) is 12.4. The van der Waals surface area contributed by atoms with Gasteiger partial charge in [-0.15, -0.1) is 0 Å². The fraction of sp³-hybridized carbons (Fsp3) is 0.250. The SMILES string of the molecule is COc1ccc(C(NN)c2cn(C)cn2)cc1F. The molecular weight excluding hydrogens is 235 g/mol. The van der Waals surface area contributed by atoms with Crippen LogP contribution in [0.1, 0.15) is 17.3 Å². The van der Waals surface area contributed by atoms with Crippen molar-refractivity contribution in [2.75, 3.05) is 7.11 Å². The average Bonchev–Trinajstić information content (AvgIpc) is 2.77. The van der Waals surface area contributed by atoms with Crippen LogP contribution in [0.25, 0.3) is 0 Å². The summed E-state index contributed by atoms with van der Waals surface area (Å²) in [6.45, 7) is 0. The summed E-state index contributed by atoms with van der Waals surface area (Å²) in [6.07, 6.45) is 3.49. The van der Waals surface area contributed by atoms with E-state index in [1.807, 2.05) is 13.2 Å². The van der Waals surface area contributed by atoms with E-state index in [1.165, 1.54) is 13.2 Å². The van der Waals surface area contributed by atoms with Gasteiger partial charge in [0.1, 0.15) is 0 Å². The molecule has 5 nitrogen and oxygen atoms in total. The third-order valence-corrected chi connectivity index (χ3v) is 2.70. The number of halogens is 1. The molecule has 96 valence electrons. The summed E-state index contributed by atoms with van der Waals surface area (Å²) in [5.41, 5.74) is 4.05. The molecule has 0 fully saturated rings. The molecule has 0 aliphatic heterocycles. The number of nitrogens with two attached hydrogens (primary N) is 1. The van der Waals surface area contributed by atoms with Gasteiger partial charge in [0.05, 0.1) is 25.2 Å². The van der Waals surface area contributed by atoms with Gasteiger partial charge in [-0.3, -0.25) is 5.84 Å². The molecule has 2 rings (SSSR count). The Morgan fingerprint density at radius 3 is 2.78 bits per heavy atom. The summed E-state index contributed by atoms with van der Waals surface area (Å²) in [5.74, 6) is 5.29. The molecule has 1 aromatic heterocycles. The van der Waals surface area contributed by atoms with E-state index < -0.39 is 5.82 Å². The number of benzene rings is 1. The van der Waals surface area contributed by atoms with Crippen LogP contribution in [0.3, 0.4) is 0 Å². The van der Waals surface area contributed by atoms with Crippen LogP contribution in [0.5, 0.6) is 5.75 Å². The lowest BCUT2D eigenvalue weighted by Crippen LogP contribution is -2.29. The number of aromatic nitrogens is 2. The van der Waals surface area contributed by atoms with E-state index in [0.717, 1.165) is 5.69 Å². The number of imidazole rings is 1. The second-order valence-electron chi connectivity index (χ2n) is 3.96. The van der Waals surface area contributed by atoms with Crippen LogP contribution >= 0.6 is 0 Å². The average molecular weight is 250 g/mol. The van der Waals surface area contributed by atoms with Gasteiger partial charge in [-0.05, 0) is 17.7 Å². The van der Waals surface area contributed by atoms with Crippen molar-refractivity contribution in [3.8, 4) is 5.75 Å². The van der Waals surface area contributed by atoms with Crippen molar-refractivity contribution in [1.82, 2.24) is 15.0 Å². The Bertz CT molecular complexity index is 541. The molecule has 0 aliphatic rings. The molecule has 0 radical (unpaired) electrons. The number of methoxy groups -OCH3 is 1. The molecule has 1 atom stereocenters. The number of ether oxygens (including phenoxy) is 1. The maximum absolute atomic E-state index is 13.6. The van der Waals surface area contributed by atoms with E-state index in [1.54, 1.807) is 23.0 Å². The Kier molecular flexibility index (Phi) is 3.59. The predicted octanol–water partition coefficient (Wildman–Crippen LogP) is 1.12. The minimum atomic E-state index is -0.425. The zero-order chi connectivity index (χ0) is 13.1. The number of hydrazine groups is 1. The van der Waals surface area contributed by atoms with Gasteiger partial charge in [-0.1, -0.05) is 6.07 Å². The minimum absolute atomic E-state index is 0.204. The number of nitrogens with one attached hydrogen (secondary N) is 1. The smallest absolute Gasteiger partial charge is 0.165 e. The zero-order valence-electron chi connectivity index (χ0n) is 10.2. The van der Waals surface area contributed by atoms with E-state index in [4.69, 9.17) is 10.6 Å². The maximum atomic E-state index is 13.6. The lowest BCUT2D eigenvalue weighted by molar-refractivity contribution is 0.385. The summed E-state index contributed by atoms with van der Waals surface area (Å²) >= 11 is 0. The second kappa shape index (κ2) is 5.16. The van der Waals surface area contributed by atoms with Crippen LogP contribution < -0.4 is 16.0 Å². The van der Waals surface area contributed by atoms with Crippen LogP contribution in [0, 0.1) is 5.82 Å². The summed E-state index contributed by atoms with van der Waals surface area (Å²) in [6, 6.07) is 4.35. The third-order valence-electron chi connectivity index (χ3n) is 2.70. The third kappa shape index (κ3) is 2.34. The monoisotopic (exact) mass is 250 g/mol. The van der Waals surface area contributed by atoms with E-state index in [-0.39, 0.29) is 11.8 Å². The number of aryl methyl sites for hydroxylation is 1. The van der Waals surface area contributed by atoms with Crippen molar-refractivity contribution in [3.05, 3.63) is 47.8 Å². The second-order valence-corrected chi connectivity index (χ2v) is 3.96. The van der Waals surface area contributed by atoms with E-state index in [0.29, 0.717) is 5.56 Å². The number of rotatable bonds is 4. The summed E-state index contributed by atoms with van der Waals surface area (Å²) in [4.78, 5) is 4.20. The molecule has 3 N–H and O–H groups in total. The zero-order valence-corrected chi connectivity index (χ0v) is 10.2. The van der Waals surface area contributed by atoms with Gasteiger partial charge >= 0.3 is 0 Å². The molecular formula is C12H15FN4O. The Morgan fingerprint density at radius 1 is 1.50 bits per heavy atom. The first-order valence-corrected chi connectivity index (χ1v) is 5.43. The van der Waals surface area contributed by atoms with E-state index >= 15 is 0 Å². The van der Waals surface area contributed by atoms with Crippen LogP contribution in [-0.4, -0.2) is 16.7 Å². The Hall–Kier alpha value is -1.92. The first kappa shape index (κ1) is 12.5. The molecule has 6 heteroatoms. The molecule has 1 aromatic carbocycles. The highest BCUT2D eigenvalue weighted by atomic mass is 19.1. The molecule has 0 amide bonds. The van der Waals surface area contributed by atoms with Gasteiger partial charge in [-0.25, -0.2) is 14.8 Å². The molecule has 0 aliphatic carbocycles. The number of nitrogens with zero attached hydrogens (tertiary/aromatic N) is 2. The van der Waals surface area contributed by atoms with Gasteiger partial charge in [0.2, 0.25) is 0 Å². The largest absolute Gasteiger partial charge is 0.494 e. The summed E-state index contributed by atoms with van der Waals surface area (Å²) in [7, 11) is 3.29. The van der Waals surface area contributed by atoms with Gasteiger partial charge in [0.25, 0.3) is 0 Å². The molecule has 0 spiro atoms. The number of hydrogen-bond donors (Lipinski definition) is 2. The van der Waals surface area contributed by atoms with Gasteiger partial charge in [0, 0.05) is 13.2 Å². The predicted molar refractivity (Wildman–Crippen MR) is 65.3 cm³/mol. The Balaban J connectivity index is 2.36. The highest BCUT2D eigenvalue weighted by molar-refractivity contribution is 5.34. The Morgan fingerprint density at radius 2 is 2.28 bits per heavy atom. The maximum Gasteiger partial charge on any atom is 0.165 e. The molecule has 18 heavy (non-hydrogen) atoms. The highest BCUT2D eigenvalue weighted by Gasteiger charge is 2.16. The van der Waals surface area contributed by atoms with Crippen LogP contribution in [0.2, 0.25) is 0 Å². The standard InChI is InChI=1S/C12H15FN4O/c1-17-6-10(15-7-17)12(16-14)8-3-4-11(18-2)9(13)5-8/h3-7,12,16H,14H2,1-2H3. The van der Waals surface area contributed by atoms with Crippen molar-refractivity contribution in [2.24, 2.45) is 12.9 Å². The van der Waals surface area contributed by atoms with Gasteiger partial charge < -0.3 is 9.30 Å². The van der Waals surface area contributed by atoms with Crippen LogP contribution in [0.15, 0.2) is 30.7 Å². The lowest BCUT2D eigenvalue weighted by Gasteiger charge is -2.14. The summed E-state index contributed by atoms with van der Waals surface area (Å²) < 4.78 is 20.3. The van der Waals surface area contributed by atoms with Crippen molar-refractivity contribution in [2.45, 2.75) is 6.04 Å². The molecule has 0 bridgehead atoms. The van der Waals surface area contributed by atoms with Crippen molar-refractivity contribution >= 4 is 0 Å². The Labute approximate surface area is 104 Å².